The van der Waals surface area contributed by atoms with Gasteiger partial charge in [-0.05, 0) is 25.0 Å². The molecule has 1 heterocycles. The Morgan fingerprint density at radius 1 is 0.567 bits per heavy atom. The topological polar surface area (TPSA) is 52.9 Å². The van der Waals surface area contributed by atoms with Gasteiger partial charge in [-0.25, -0.2) is 0 Å². The first-order valence-electron chi connectivity index (χ1n) is 10.8. The van der Waals surface area contributed by atoms with Crippen LogP contribution >= 0.6 is 0 Å². The van der Waals surface area contributed by atoms with Gasteiger partial charge in [-0.1, -0.05) is 89.1 Å². The minimum absolute atomic E-state index is 0.823. The highest BCUT2D eigenvalue weighted by Gasteiger charge is 2.01. The van der Waals surface area contributed by atoms with Gasteiger partial charge in [0.25, 0.3) is 0 Å². The Morgan fingerprint density at radius 3 is 1.33 bits per heavy atom. The lowest BCUT2D eigenvalue weighted by Crippen LogP contribution is -1.96. The number of allylic oxidation sites excluding steroid dienone is 4. The molecule has 0 fully saturated rings. The maximum atomic E-state index is 4.94. The molecular weight excluding hydrogens is 368 g/mol. The Kier molecular flexibility index (Phi) is 7.61. The summed E-state index contributed by atoms with van der Waals surface area (Å²) in [5, 5.41) is 9.87. The molecule has 1 aliphatic rings. The van der Waals surface area contributed by atoms with Crippen molar-refractivity contribution in [2.45, 2.75) is 53.4 Å². The van der Waals surface area contributed by atoms with Gasteiger partial charge in [0.05, 0.1) is 0 Å². The van der Waals surface area contributed by atoms with Crippen LogP contribution in [0.5, 0.6) is 0 Å². The molecule has 4 heteroatoms. The van der Waals surface area contributed by atoms with Crippen molar-refractivity contribution in [1.82, 2.24) is 0 Å². The molecule has 2 aromatic rings. The van der Waals surface area contributed by atoms with Crippen molar-refractivity contribution in [3.63, 3.8) is 0 Å². The van der Waals surface area contributed by atoms with E-state index in [0.29, 0.717) is 0 Å². The Morgan fingerprint density at radius 2 is 0.967 bits per heavy atom. The van der Waals surface area contributed by atoms with Gasteiger partial charge < -0.3 is 10.6 Å². The number of hydrogen-bond acceptors (Lipinski definition) is 2. The van der Waals surface area contributed by atoms with Crippen molar-refractivity contribution >= 4 is 34.2 Å². The average Bonchev–Trinajstić information content (AvgIpc) is 2.78. The highest BCUT2D eigenvalue weighted by Crippen LogP contribution is 2.38. The third-order valence-electron chi connectivity index (χ3n) is 4.94. The number of rotatable bonds is 4. The molecule has 0 atom stereocenters. The first kappa shape index (κ1) is 21.6. The van der Waals surface area contributed by atoms with E-state index in [1.165, 1.54) is 0 Å². The highest BCUT2D eigenvalue weighted by molar-refractivity contribution is 6.01. The second kappa shape index (κ2) is 10.6. The fourth-order valence-corrected chi connectivity index (χ4v) is 3.16. The van der Waals surface area contributed by atoms with Gasteiger partial charge in [0.15, 0.2) is 0 Å². The van der Waals surface area contributed by atoms with Gasteiger partial charge in [0.2, 0.25) is 0 Å². The highest BCUT2D eigenvalue weighted by atomic mass is 14.9. The minimum Gasteiger partial charge on any atom is -0.659 e. The van der Waals surface area contributed by atoms with Crippen LogP contribution in [0.1, 0.15) is 53.4 Å². The fourth-order valence-electron chi connectivity index (χ4n) is 3.16. The van der Waals surface area contributed by atoms with Crippen molar-refractivity contribution < 1.29 is 0 Å². The van der Waals surface area contributed by atoms with E-state index in [1.54, 1.807) is 0 Å². The largest absolute Gasteiger partial charge is 0.659 e. The predicted octanol–water partition coefficient (Wildman–Crippen LogP) is 8.96. The molecule has 2 aromatic carbocycles. The normalized spacial score (nSPS) is 18.0. The van der Waals surface area contributed by atoms with E-state index in [-0.39, 0.29) is 0 Å². The van der Waals surface area contributed by atoms with Crippen LogP contribution in [-0.2, 0) is 0 Å². The summed E-state index contributed by atoms with van der Waals surface area (Å²) in [6.45, 7) is 8.48. The van der Waals surface area contributed by atoms with E-state index in [1.807, 2.05) is 48.5 Å². The molecule has 0 aromatic heterocycles. The summed E-state index contributed by atoms with van der Waals surface area (Å²) < 4.78 is 0. The van der Waals surface area contributed by atoms with Gasteiger partial charge >= 0.3 is 0 Å². The second-order valence-electron chi connectivity index (χ2n) is 7.09. The average molecular weight is 399 g/mol. The third kappa shape index (κ3) is 5.47. The van der Waals surface area contributed by atoms with Crippen LogP contribution in [-0.4, -0.2) is 11.4 Å². The van der Waals surface area contributed by atoms with E-state index < -0.39 is 0 Å². The molecule has 0 saturated carbocycles. The Balaban J connectivity index is 2.21. The molecule has 0 saturated heterocycles. The van der Waals surface area contributed by atoms with E-state index in [2.05, 4.69) is 39.8 Å². The summed E-state index contributed by atoms with van der Waals surface area (Å²) in [6, 6.07) is 16.1. The van der Waals surface area contributed by atoms with Gasteiger partial charge in [-0.2, -0.15) is 11.4 Å². The molecule has 0 N–H and O–H groups in total. The van der Waals surface area contributed by atoms with Gasteiger partial charge in [0.1, 0.15) is 0 Å². The molecule has 0 aliphatic carbocycles. The number of benzene rings is 2. The fraction of sp³-hybridized carbons (Fsp3) is 0.308. The predicted molar refractivity (Wildman–Crippen MR) is 130 cm³/mol. The zero-order valence-corrected chi connectivity index (χ0v) is 18.4. The first-order chi connectivity index (χ1) is 14.7. The summed E-state index contributed by atoms with van der Waals surface area (Å²) in [6.07, 6.45) is 7.49. The van der Waals surface area contributed by atoms with Crippen LogP contribution in [0, 0.1) is 0 Å². The molecular formula is C26H30N4-2. The molecule has 1 aliphatic heterocycles. The van der Waals surface area contributed by atoms with E-state index in [9.17, 15) is 0 Å². The summed E-state index contributed by atoms with van der Waals surface area (Å²) in [4.78, 5) is 9.87. The smallest absolute Gasteiger partial charge is 0.0486 e. The SMILES string of the molecule is CCC1=Nc2ccccc2[N-]/C(CC)=C\C(CC)=Nc2ccccc2[N-]/C(CC)=C\1. The maximum Gasteiger partial charge on any atom is 0.0486 e. The van der Waals surface area contributed by atoms with Crippen molar-refractivity contribution in [1.29, 1.82) is 0 Å². The molecule has 30 heavy (non-hydrogen) atoms. The summed E-state index contributed by atoms with van der Waals surface area (Å²) in [7, 11) is 0. The van der Waals surface area contributed by atoms with Crippen LogP contribution in [0.2, 0.25) is 0 Å². The standard InChI is InChI=1S/C26H30N4/c1-5-19-17-20(6-2)28-25-15-11-12-16-26(25)30-22(8-4)18-21(7-3)29-24-14-10-9-13-23(24)27-19/h9-18H,5-8H2,1-4H3/q-2/b19-17-,22-18-,28-20?,29-21?. The number of aliphatic imine (C=N–C) groups is 2. The number of nitrogens with zero attached hydrogens (tertiary/aromatic N) is 4. The zero-order valence-electron chi connectivity index (χ0n) is 18.4. The lowest BCUT2D eigenvalue weighted by molar-refractivity contribution is 1.12. The first-order valence-corrected chi connectivity index (χ1v) is 10.8. The lowest BCUT2D eigenvalue weighted by atomic mass is 10.1. The monoisotopic (exact) mass is 398 g/mol. The van der Waals surface area contributed by atoms with Crippen LogP contribution in [0.25, 0.3) is 10.6 Å². The molecule has 0 unspecified atom stereocenters. The Labute approximate surface area is 180 Å². The van der Waals surface area contributed by atoms with Crippen LogP contribution in [0.4, 0.5) is 22.7 Å². The summed E-state index contributed by atoms with van der Waals surface area (Å²) in [5.41, 5.74) is 7.50. The van der Waals surface area contributed by atoms with Crippen molar-refractivity contribution in [3.8, 4) is 0 Å². The Bertz CT molecular complexity index is 914. The van der Waals surface area contributed by atoms with E-state index in [4.69, 9.17) is 20.6 Å². The van der Waals surface area contributed by atoms with E-state index >= 15 is 0 Å². The third-order valence-corrected chi connectivity index (χ3v) is 4.94. The molecule has 0 spiro atoms. The quantitative estimate of drug-likeness (QED) is 0.493. The van der Waals surface area contributed by atoms with Crippen molar-refractivity contribution in [3.05, 3.63) is 82.7 Å². The molecule has 0 amide bonds. The Hall–Kier alpha value is -3.14. The van der Waals surface area contributed by atoms with Crippen LogP contribution < -0.4 is 0 Å². The number of hydrogen-bond donors (Lipinski definition) is 0. The van der Waals surface area contributed by atoms with Crippen molar-refractivity contribution in [2.75, 3.05) is 0 Å². The molecule has 156 valence electrons. The van der Waals surface area contributed by atoms with Gasteiger partial charge in [0, 0.05) is 22.8 Å². The van der Waals surface area contributed by atoms with Crippen LogP contribution in [0.3, 0.4) is 0 Å². The molecule has 3 rings (SSSR count). The molecule has 0 radical (unpaired) electrons. The summed E-state index contributed by atoms with van der Waals surface area (Å²) >= 11 is 0. The van der Waals surface area contributed by atoms with E-state index in [0.717, 1.165) is 71.3 Å². The van der Waals surface area contributed by atoms with Gasteiger partial charge in [-0.15, -0.1) is 11.4 Å². The number of fused-ring (bicyclic) bond motifs is 2. The zero-order chi connectivity index (χ0) is 21.3. The molecule has 0 bridgehead atoms. The van der Waals surface area contributed by atoms with Crippen LogP contribution in [0.15, 0.2) is 82.1 Å². The number of para-hydroxylation sites is 4. The second-order valence-corrected chi connectivity index (χ2v) is 7.09. The summed E-state index contributed by atoms with van der Waals surface area (Å²) in [5.74, 6) is 0. The minimum atomic E-state index is 0.823. The van der Waals surface area contributed by atoms with Gasteiger partial charge in [-0.3, -0.25) is 9.98 Å². The maximum absolute atomic E-state index is 4.94. The van der Waals surface area contributed by atoms with Crippen molar-refractivity contribution in [2.24, 2.45) is 9.98 Å². The lowest BCUT2D eigenvalue weighted by Gasteiger charge is -2.29. The molecule has 4 nitrogen and oxygen atoms in total.